The first kappa shape index (κ1) is 10.4. The highest BCUT2D eigenvalue weighted by Gasteiger charge is 2.00. The van der Waals surface area contributed by atoms with E-state index in [1.54, 1.807) is 0 Å². The second-order valence-corrected chi connectivity index (χ2v) is 2.47. The first-order chi connectivity index (χ1) is 5.57. The average Bonchev–Trinajstić information content (AvgIpc) is 1.86. The van der Waals surface area contributed by atoms with Crippen LogP contribution in [0.3, 0.4) is 0 Å². The van der Waals surface area contributed by atoms with Gasteiger partial charge in [-0.3, -0.25) is 0 Å². The smallest absolute Gasteiger partial charge is 0.330 e. The number of carbonyl (C=O) groups is 1. The van der Waals surface area contributed by atoms with Crippen molar-refractivity contribution in [1.82, 2.24) is 0 Å². The highest BCUT2D eigenvalue weighted by atomic mass is 16.4. The lowest BCUT2D eigenvalue weighted by Gasteiger charge is -2.01. The molecule has 3 nitrogen and oxygen atoms in total. The lowest BCUT2D eigenvalue weighted by Crippen LogP contribution is -1.92. The van der Waals surface area contributed by atoms with Crippen molar-refractivity contribution < 1.29 is 9.90 Å². The Morgan fingerprint density at radius 3 is 2.25 bits per heavy atom. The molecule has 0 aromatic carbocycles. The van der Waals surface area contributed by atoms with Crippen LogP contribution in [0.25, 0.3) is 0 Å². The van der Waals surface area contributed by atoms with Gasteiger partial charge in [0.05, 0.1) is 6.07 Å². The minimum Gasteiger partial charge on any atom is -0.478 e. The zero-order chi connectivity index (χ0) is 9.56. The van der Waals surface area contributed by atoms with Crippen molar-refractivity contribution in [2.24, 2.45) is 0 Å². The number of hydrogen-bond acceptors (Lipinski definition) is 2. The van der Waals surface area contributed by atoms with Gasteiger partial charge >= 0.3 is 5.97 Å². The minimum absolute atomic E-state index is 0.176. The van der Waals surface area contributed by atoms with E-state index in [9.17, 15) is 4.79 Å². The molecule has 0 bridgehead atoms. The molecular weight excluding hydrogens is 154 g/mol. The average molecular weight is 165 g/mol. The normalized spacial score (nSPS) is 12.5. The van der Waals surface area contributed by atoms with Crippen LogP contribution in [0.15, 0.2) is 23.8 Å². The first-order valence-corrected chi connectivity index (χ1v) is 3.56. The van der Waals surface area contributed by atoms with Crippen LogP contribution in [0.1, 0.15) is 19.8 Å². The molecule has 12 heavy (non-hydrogen) atoms. The third-order valence-corrected chi connectivity index (χ3v) is 1.31. The van der Waals surface area contributed by atoms with Crippen molar-refractivity contribution in [3.8, 4) is 6.07 Å². The standard InChI is InChI=1S/C5H5N.C4H6O2/c6-4-5-2-1-3-5;1-3(2)4(5)6/h2H,1,3H2;1H2,2H3,(H,5,6). The van der Waals surface area contributed by atoms with Crippen molar-refractivity contribution in [1.29, 1.82) is 5.26 Å². The van der Waals surface area contributed by atoms with Crippen LogP contribution in [0, 0.1) is 11.3 Å². The molecule has 0 radical (unpaired) electrons. The van der Waals surface area contributed by atoms with E-state index in [1.165, 1.54) is 6.92 Å². The molecule has 1 rings (SSSR count). The van der Waals surface area contributed by atoms with Gasteiger partial charge in [0.1, 0.15) is 0 Å². The number of nitrogens with zero attached hydrogens (tertiary/aromatic N) is 1. The van der Waals surface area contributed by atoms with Crippen LogP contribution in [0.4, 0.5) is 0 Å². The van der Waals surface area contributed by atoms with Gasteiger partial charge in [0.15, 0.2) is 0 Å². The molecule has 0 saturated carbocycles. The van der Waals surface area contributed by atoms with Crippen LogP contribution in [0.5, 0.6) is 0 Å². The number of hydrogen-bond donors (Lipinski definition) is 1. The second-order valence-electron chi connectivity index (χ2n) is 2.47. The fourth-order valence-electron chi connectivity index (χ4n) is 0.390. The van der Waals surface area contributed by atoms with E-state index < -0.39 is 5.97 Å². The minimum atomic E-state index is -0.935. The van der Waals surface area contributed by atoms with Gasteiger partial charge in [-0.05, 0) is 19.8 Å². The van der Waals surface area contributed by atoms with Crippen LogP contribution in [0.2, 0.25) is 0 Å². The number of allylic oxidation sites excluding steroid dienone is 2. The van der Waals surface area contributed by atoms with Crippen LogP contribution >= 0.6 is 0 Å². The van der Waals surface area contributed by atoms with Gasteiger partial charge in [-0.15, -0.1) is 0 Å². The summed E-state index contributed by atoms with van der Waals surface area (Å²) in [4.78, 5) is 9.60. The van der Waals surface area contributed by atoms with Crippen molar-refractivity contribution in [3.63, 3.8) is 0 Å². The molecule has 3 heteroatoms. The summed E-state index contributed by atoms with van der Waals surface area (Å²) in [7, 11) is 0. The van der Waals surface area contributed by atoms with Gasteiger partial charge in [-0.25, -0.2) is 4.79 Å². The van der Waals surface area contributed by atoms with Gasteiger partial charge in [0.2, 0.25) is 0 Å². The second kappa shape index (κ2) is 5.14. The molecule has 0 fully saturated rings. The predicted molar refractivity (Wildman–Crippen MR) is 45.4 cm³/mol. The molecule has 0 aromatic rings. The molecule has 0 heterocycles. The van der Waals surface area contributed by atoms with Crippen molar-refractivity contribution in [2.75, 3.05) is 0 Å². The van der Waals surface area contributed by atoms with E-state index in [-0.39, 0.29) is 5.57 Å². The van der Waals surface area contributed by atoms with E-state index in [1.807, 2.05) is 6.08 Å². The molecule has 0 aliphatic heterocycles. The summed E-state index contributed by atoms with van der Waals surface area (Å²) in [6.45, 7) is 4.60. The fraction of sp³-hybridized carbons (Fsp3) is 0.333. The van der Waals surface area contributed by atoms with Crippen LogP contribution in [-0.2, 0) is 4.79 Å². The molecule has 0 amide bonds. The quantitative estimate of drug-likeness (QED) is 0.603. The molecule has 1 aliphatic carbocycles. The van der Waals surface area contributed by atoms with E-state index >= 15 is 0 Å². The number of nitriles is 1. The Kier molecular flexibility index (Phi) is 4.47. The van der Waals surface area contributed by atoms with Gasteiger partial charge in [0.25, 0.3) is 0 Å². The molecule has 0 aromatic heterocycles. The highest BCUT2D eigenvalue weighted by Crippen LogP contribution is 2.15. The maximum atomic E-state index is 9.60. The predicted octanol–water partition coefficient (Wildman–Crippen LogP) is 1.88. The molecular formula is C9H11NO2. The summed E-state index contributed by atoms with van der Waals surface area (Å²) < 4.78 is 0. The van der Waals surface area contributed by atoms with Gasteiger partial charge in [0, 0.05) is 11.1 Å². The molecule has 0 spiro atoms. The Hall–Kier alpha value is -1.56. The van der Waals surface area contributed by atoms with E-state index in [0.29, 0.717) is 0 Å². The summed E-state index contributed by atoms with van der Waals surface area (Å²) in [6.07, 6.45) is 4.08. The summed E-state index contributed by atoms with van der Waals surface area (Å²) in [6, 6.07) is 2.06. The Morgan fingerprint density at radius 1 is 1.83 bits per heavy atom. The Balaban J connectivity index is 0.000000202. The highest BCUT2D eigenvalue weighted by molar-refractivity contribution is 5.84. The molecule has 0 atom stereocenters. The number of carboxylic acids is 1. The molecule has 64 valence electrons. The molecule has 0 unspecified atom stereocenters. The number of rotatable bonds is 1. The molecule has 0 saturated heterocycles. The van der Waals surface area contributed by atoms with Crippen molar-refractivity contribution in [2.45, 2.75) is 19.8 Å². The third-order valence-electron chi connectivity index (χ3n) is 1.31. The largest absolute Gasteiger partial charge is 0.478 e. The molecule has 1 aliphatic rings. The number of carboxylic acid groups (broad SMARTS) is 1. The van der Waals surface area contributed by atoms with Gasteiger partial charge < -0.3 is 5.11 Å². The van der Waals surface area contributed by atoms with Crippen molar-refractivity contribution in [3.05, 3.63) is 23.8 Å². The maximum absolute atomic E-state index is 9.60. The Morgan fingerprint density at radius 2 is 2.25 bits per heavy atom. The Bertz CT molecular complexity index is 246. The monoisotopic (exact) mass is 165 g/mol. The zero-order valence-corrected chi connectivity index (χ0v) is 7.00. The fourth-order valence-corrected chi connectivity index (χ4v) is 0.390. The summed E-state index contributed by atoms with van der Waals surface area (Å²) in [5.74, 6) is -0.935. The maximum Gasteiger partial charge on any atom is 0.330 e. The van der Waals surface area contributed by atoms with Crippen LogP contribution < -0.4 is 0 Å². The van der Waals surface area contributed by atoms with Crippen LogP contribution in [-0.4, -0.2) is 11.1 Å². The van der Waals surface area contributed by atoms with E-state index in [2.05, 4.69) is 12.6 Å². The first-order valence-electron chi connectivity index (χ1n) is 3.56. The van der Waals surface area contributed by atoms with Gasteiger partial charge in [-0.1, -0.05) is 12.7 Å². The van der Waals surface area contributed by atoms with E-state index in [4.69, 9.17) is 10.4 Å². The third kappa shape index (κ3) is 4.29. The van der Waals surface area contributed by atoms with E-state index in [0.717, 1.165) is 18.4 Å². The number of aliphatic carboxylic acids is 1. The SMILES string of the molecule is C=C(C)C(=O)O.N#CC1=CCC1. The zero-order valence-electron chi connectivity index (χ0n) is 7.00. The Labute approximate surface area is 71.6 Å². The molecule has 1 N–H and O–H groups in total. The lowest BCUT2D eigenvalue weighted by atomic mass is 10.0. The van der Waals surface area contributed by atoms with Crippen molar-refractivity contribution >= 4 is 5.97 Å². The summed E-state index contributed by atoms with van der Waals surface area (Å²) in [5, 5.41) is 16.0. The van der Waals surface area contributed by atoms with Gasteiger partial charge in [-0.2, -0.15) is 5.26 Å². The summed E-state index contributed by atoms with van der Waals surface area (Å²) >= 11 is 0. The lowest BCUT2D eigenvalue weighted by molar-refractivity contribution is -0.132. The topological polar surface area (TPSA) is 61.1 Å². The summed E-state index contributed by atoms with van der Waals surface area (Å²) in [5.41, 5.74) is 1.13.